The number of fused-ring (bicyclic) bond motifs is 1. The fourth-order valence-electron chi connectivity index (χ4n) is 2.87. The molecule has 2 aromatic carbocycles. The van der Waals surface area contributed by atoms with E-state index in [1.807, 2.05) is 31.2 Å². The second kappa shape index (κ2) is 7.86. The molecular formula is C19H19FN4O3. The average molecular weight is 370 g/mol. The van der Waals surface area contributed by atoms with Crippen molar-refractivity contribution in [2.45, 2.75) is 26.4 Å². The fraction of sp³-hybridized carbons (Fsp3) is 0.211. The lowest BCUT2D eigenvalue weighted by atomic mass is 10.2. The predicted octanol–water partition coefficient (Wildman–Crippen LogP) is 1.81. The monoisotopic (exact) mass is 370 g/mol. The molecule has 8 heteroatoms. The summed E-state index contributed by atoms with van der Waals surface area (Å²) in [7, 11) is 0. The van der Waals surface area contributed by atoms with E-state index in [2.05, 4.69) is 10.9 Å². The smallest absolute Gasteiger partial charge is 0.292 e. The van der Waals surface area contributed by atoms with Crippen LogP contribution in [0.5, 0.6) is 0 Å². The number of halogens is 1. The number of para-hydroxylation sites is 2. The zero-order chi connectivity index (χ0) is 19.4. The van der Waals surface area contributed by atoms with Crippen molar-refractivity contribution in [2.24, 2.45) is 0 Å². The van der Waals surface area contributed by atoms with Gasteiger partial charge in [-0.2, -0.15) is 0 Å². The van der Waals surface area contributed by atoms with Crippen LogP contribution in [0.4, 0.5) is 4.39 Å². The minimum absolute atomic E-state index is 0.0152. The number of nitrogens with one attached hydrogen (secondary N) is 2. The van der Waals surface area contributed by atoms with Crippen LogP contribution in [-0.2, 0) is 17.9 Å². The largest absolute Gasteiger partial charge is 0.329 e. The molecule has 1 aromatic heterocycles. The number of nitrogens with zero attached hydrogens (tertiary/aromatic N) is 2. The van der Waals surface area contributed by atoms with Gasteiger partial charge in [-0.15, -0.1) is 0 Å². The summed E-state index contributed by atoms with van der Waals surface area (Å²) in [5, 5.41) is 0. The summed E-state index contributed by atoms with van der Waals surface area (Å²) < 4.78 is 16.1. The Balaban J connectivity index is 1.62. The first-order valence-corrected chi connectivity index (χ1v) is 8.54. The lowest BCUT2D eigenvalue weighted by molar-refractivity contribution is -0.122. The Kier molecular flexibility index (Phi) is 5.35. The molecule has 3 aromatic rings. The molecule has 3 rings (SSSR count). The van der Waals surface area contributed by atoms with Crippen LogP contribution in [0.25, 0.3) is 11.0 Å². The van der Waals surface area contributed by atoms with Gasteiger partial charge in [-0.25, -0.2) is 9.18 Å². The van der Waals surface area contributed by atoms with Crippen molar-refractivity contribution in [1.82, 2.24) is 20.0 Å². The maximum atomic E-state index is 12.9. The molecule has 0 aliphatic rings. The number of benzene rings is 2. The standard InChI is InChI=1S/C19H19FN4O3/c1-2-23-15-5-3-4-6-16(15)24(19(23)27)12-11-17(25)21-22-18(26)13-7-9-14(20)10-8-13/h3-10H,2,11-12H2,1H3,(H,21,25)(H,22,26). The molecule has 1 heterocycles. The summed E-state index contributed by atoms with van der Waals surface area (Å²) >= 11 is 0. The molecule has 0 aliphatic heterocycles. The highest BCUT2D eigenvalue weighted by molar-refractivity contribution is 5.95. The Bertz CT molecular complexity index is 1040. The molecule has 7 nitrogen and oxygen atoms in total. The van der Waals surface area contributed by atoms with E-state index in [1.54, 1.807) is 9.13 Å². The molecule has 2 N–H and O–H groups in total. The highest BCUT2D eigenvalue weighted by Gasteiger charge is 2.13. The first-order chi connectivity index (χ1) is 13.0. The van der Waals surface area contributed by atoms with Gasteiger partial charge in [0.25, 0.3) is 5.91 Å². The second-order valence-electron chi connectivity index (χ2n) is 5.93. The summed E-state index contributed by atoms with van der Waals surface area (Å²) in [5.41, 5.74) is 6.18. The van der Waals surface area contributed by atoms with Crippen molar-refractivity contribution >= 4 is 22.8 Å². The van der Waals surface area contributed by atoms with E-state index in [0.29, 0.717) is 6.54 Å². The van der Waals surface area contributed by atoms with E-state index in [1.165, 1.54) is 12.1 Å². The molecule has 0 saturated heterocycles. The Hall–Kier alpha value is -3.42. The van der Waals surface area contributed by atoms with Crippen molar-refractivity contribution in [3.63, 3.8) is 0 Å². The molecule has 0 atom stereocenters. The van der Waals surface area contributed by atoms with Crippen molar-refractivity contribution in [1.29, 1.82) is 0 Å². The first kappa shape index (κ1) is 18.4. The first-order valence-electron chi connectivity index (χ1n) is 8.54. The summed E-state index contributed by atoms with van der Waals surface area (Å²) in [5.74, 6) is -1.44. The normalized spacial score (nSPS) is 10.7. The van der Waals surface area contributed by atoms with E-state index in [-0.39, 0.29) is 24.2 Å². The van der Waals surface area contributed by atoms with E-state index in [0.717, 1.165) is 23.2 Å². The van der Waals surface area contributed by atoms with Gasteiger partial charge in [0.05, 0.1) is 11.0 Å². The summed E-state index contributed by atoms with van der Waals surface area (Å²) in [6.07, 6.45) is 0.0152. The van der Waals surface area contributed by atoms with Crippen LogP contribution in [0.1, 0.15) is 23.7 Å². The third kappa shape index (κ3) is 3.89. The van der Waals surface area contributed by atoms with Gasteiger partial charge in [0.15, 0.2) is 0 Å². The number of rotatable bonds is 5. The maximum absolute atomic E-state index is 12.9. The molecule has 0 unspecified atom stereocenters. The van der Waals surface area contributed by atoms with Crippen molar-refractivity contribution < 1.29 is 14.0 Å². The highest BCUT2D eigenvalue weighted by Crippen LogP contribution is 2.13. The molecule has 0 fully saturated rings. The quantitative estimate of drug-likeness (QED) is 0.672. The molecular weight excluding hydrogens is 351 g/mol. The van der Waals surface area contributed by atoms with Gasteiger partial charge in [-0.05, 0) is 43.3 Å². The van der Waals surface area contributed by atoms with Crippen LogP contribution in [0, 0.1) is 5.82 Å². The lowest BCUT2D eigenvalue weighted by Gasteiger charge is -2.08. The number of hydrogen-bond acceptors (Lipinski definition) is 3. The molecule has 0 radical (unpaired) electrons. The second-order valence-corrected chi connectivity index (χ2v) is 5.93. The number of carbonyl (C=O) groups is 2. The zero-order valence-corrected chi connectivity index (χ0v) is 14.7. The fourth-order valence-corrected chi connectivity index (χ4v) is 2.87. The van der Waals surface area contributed by atoms with Gasteiger partial charge < -0.3 is 0 Å². The molecule has 140 valence electrons. The molecule has 2 amide bonds. The summed E-state index contributed by atoms with van der Waals surface area (Å²) in [4.78, 5) is 36.4. The van der Waals surface area contributed by atoms with Gasteiger partial charge >= 0.3 is 5.69 Å². The topological polar surface area (TPSA) is 85.1 Å². The number of carbonyl (C=O) groups excluding carboxylic acids is 2. The van der Waals surface area contributed by atoms with E-state index < -0.39 is 17.6 Å². The van der Waals surface area contributed by atoms with Gasteiger partial charge in [-0.1, -0.05) is 12.1 Å². The van der Waals surface area contributed by atoms with E-state index >= 15 is 0 Å². The van der Waals surface area contributed by atoms with Gasteiger partial charge in [0.1, 0.15) is 5.82 Å². The number of amides is 2. The third-order valence-corrected chi connectivity index (χ3v) is 4.23. The highest BCUT2D eigenvalue weighted by atomic mass is 19.1. The molecule has 0 bridgehead atoms. The van der Waals surface area contributed by atoms with Crippen LogP contribution in [0.15, 0.2) is 53.3 Å². The van der Waals surface area contributed by atoms with Gasteiger partial charge in [0, 0.05) is 25.1 Å². The van der Waals surface area contributed by atoms with Crippen LogP contribution < -0.4 is 16.5 Å². The minimum atomic E-state index is -0.553. The Morgan fingerprint density at radius 3 is 2.22 bits per heavy atom. The third-order valence-electron chi connectivity index (χ3n) is 4.23. The van der Waals surface area contributed by atoms with Crippen molar-refractivity contribution in [2.75, 3.05) is 0 Å². The summed E-state index contributed by atoms with van der Waals surface area (Å²) in [6.45, 7) is 2.60. The molecule has 0 aliphatic carbocycles. The zero-order valence-electron chi connectivity index (χ0n) is 14.7. The summed E-state index contributed by atoms with van der Waals surface area (Å²) in [6, 6.07) is 12.3. The SMILES string of the molecule is CCn1c(=O)n(CCC(=O)NNC(=O)c2ccc(F)cc2)c2ccccc21. The average Bonchev–Trinajstić information content (AvgIpc) is 2.95. The van der Waals surface area contributed by atoms with Gasteiger partial charge in [-0.3, -0.25) is 29.6 Å². The number of hydrogen-bond donors (Lipinski definition) is 2. The Morgan fingerprint density at radius 1 is 0.963 bits per heavy atom. The maximum Gasteiger partial charge on any atom is 0.329 e. The number of aryl methyl sites for hydroxylation is 2. The minimum Gasteiger partial charge on any atom is -0.292 e. The van der Waals surface area contributed by atoms with Gasteiger partial charge in [0.2, 0.25) is 5.91 Å². The number of aromatic nitrogens is 2. The van der Waals surface area contributed by atoms with Crippen LogP contribution >= 0.6 is 0 Å². The molecule has 0 saturated carbocycles. The van der Waals surface area contributed by atoms with Crippen molar-refractivity contribution in [3.05, 3.63) is 70.4 Å². The number of hydrazine groups is 1. The lowest BCUT2D eigenvalue weighted by Crippen LogP contribution is -2.42. The van der Waals surface area contributed by atoms with Crippen molar-refractivity contribution in [3.8, 4) is 0 Å². The van der Waals surface area contributed by atoms with E-state index in [9.17, 15) is 18.8 Å². The Labute approximate surface area is 154 Å². The van der Waals surface area contributed by atoms with Crippen LogP contribution in [0.2, 0.25) is 0 Å². The molecule has 27 heavy (non-hydrogen) atoms. The number of imidazole rings is 1. The molecule has 0 spiro atoms. The van der Waals surface area contributed by atoms with Crippen LogP contribution in [0.3, 0.4) is 0 Å². The predicted molar refractivity (Wildman–Crippen MR) is 98.5 cm³/mol. The Morgan fingerprint density at radius 2 is 1.59 bits per heavy atom. The van der Waals surface area contributed by atoms with Crippen LogP contribution in [-0.4, -0.2) is 20.9 Å². The van der Waals surface area contributed by atoms with E-state index in [4.69, 9.17) is 0 Å².